The summed E-state index contributed by atoms with van der Waals surface area (Å²) in [6, 6.07) is 5.00. The molecule has 6 heteroatoms. The number of carbonyl (C=O) groups excluding carboxylic acids is 2. The highest BCUT2D eigenvalue weighted by molar-refractivity contribution is 6.34. The van der Waals surface area contributed by atoms with Crippen LogP contribution in [0.25, 0.3) is 0 Å². The van der Waals surface area contributed by atoms with Gasteiger partial charge in [0.15, 0.2) is 0 Å². The van der Waals surface area contributed by atoms with E-state index >= 15 is 0 Å². The van der Waals surface area contributed by atoms with Gasteiger partial charge >= 0.3 is 0 Å². The van der Waals surface area contributed by atoms with Gasteiger partial charge in [-0.15, -0.1) is 0 Å². The average molecular weight is 324 g/mol. The van der Waals surface area contributed by atoms with Crippen molar-refractivity contribution in [3.8, 4) is 0 Å². The van der Waals surface area contributed by atoms with E-state index < -0.39 is 0 Å². The van der Waals surface area contributed by atoms with Crippen molar-refractivity contribution in [3.63, 3.8) is 0 Å². The van der Waals surface area contributed by atoms with Gasteiger partial charge in [-0.05, 0) is 50.6 Å². The first-order valence-corrected chi connectivity index (χ1v) is 7.90. The Balaban J connectivity index is 2.01. The second-order valence-electron chi connectivity index (χ2n) is 5.67. The summed E-state index contributed by atoms with van der Waals surface area (Å²) in [6.07, 6.45) is 2.04. The zero-order valence-electron chi connectivity index (χ0n) is 13.0. The Kier molecular flexibility index (Phi) is 5.80. The maximum Gasteiger partial charge on any atom is 0.253 e. The van der Waals surface area contributed by atoms with Gasteiger partial charge in [0.25, 0.3) is 5.91 Å². The van der Waals surface area contributed by atoms with Crippen LogP contribution in [0.4, 0.5) is 5.69 Å². The van der Waals surface area contributed by atoms with Crippen LogP contribution >= 0.6 is 11.6 Å². The molecular formula is C16H22ClN3O2. The first-order chi connectivity index (χ1) is 10.5. The van der Waals surface area contributed by atoms with Crippen molar-refractivity contribution in [3.05, 3.63) is 28.8 Å². The number of likely N-dealkylation sites (tertiary alicyclic amines) is 1. The van der Waals surface area contributed by atoms with Crippen molar-refractivity contribution >= 4 is 29.1 Å². The van der Waals surface area contributed by atoms with E-state index in [0.29, 0.717) is 22.2 Å². The van der Waals surface area contributed by atoms with Crippen LogP contribution in [-0.4, -0.2) is 43.4 Å². The standard InChI is InChI=1S/C16H22ClN3O2/c1-11(21)19-15-4-3-13(9-14(15)17)16(22)20-7-5-12(6-8-20)10-18-2/h3-4,9,12,18H,5-8,10H2,1-2H3,(H,19,21). The summed E-state index contributed by atoms with van der Waals surface area (Å²) < 4.78 is 0. The minimum Gasteiger partial charge on any atom is -0.339 e. The van der Waals surface area contributed by atoms with Gasteiger partial charge in [-0.25, -0.2) is 0 Å². The van der Waals surface area contributed by atoms with Gasteiger partial charge in [0.2, 0.25) is 5.91 Å². The molecule has 2 rings (SSSR count). The summed E-state index contributed by atoms with van der Waals surface area (Å²) in [6.45, 7) is 3.97. The Bertz CT molecular complexity index is 554. The third-order valence-corrected chi connectivity index (χ3v) is 4.23. The molecule has 0 aliphatic carbocycles. The topological polar surface area (TPSA) is 61.4 Å². The highest BCUT2D eigenvalue weighted by Crippen LogP contribution is 2.25. The second-order valence-corrected chi connectivity index (χ2v) is 6.08. The highest BCUT2D eigenvalue weighted by atomic mass is 35.5. The lowest BCUT2D eigenvalue weighted by Gasteiger charge is -2.32. The van der Waals surface area contributed by atoms with Gasteiger partial charge in [-0.2, -0.15) is 0 Å². The molecule has 1 heterocycles. The minimum absolute atomic E-state index is 0.000757. The van der Waals surface area contributed by atoms with Gasteiger partial charge in [0.05, 0.1) is 10.7 Å². The Morgan fingerprint density at radius 3 is 2.55 bits per heavy atom. The van der Waals surface area contributed by atoms with Crippen LogP contribution in [0.1, 0.15) is 30.1 Å². The molecule has 2 N–H and O–H groups in total. The van der Waals surface area contributed by atoms with E-state index in [2.05, 4.69) is 10.6 Å². The van der Waals surface area contributed by atoms with E-state index in [1.54, 1.807) is 18.2 Å². The van der Waals surface area contributed by atoms with E-state index in [1.165, 1.54) is 6.92 Å². The van der Waals surface area contributed by atoms with E-state index in [1.807, 2.05) is 11.9 Å². The zero-order valence-corrected chi connectivity index (χ0v) is 13.7. The van der Waals surface area contributed by atoms with Gasteiger partial charge in [0.1, 0.15) is 0 Å². The Morgan fingerprint density at radius 1 is 1.32 bits per heavy atom. The number of carbonyl (C=O) groups is 2. The fraction of sp³-hybridized carbons (Fsp3) is 0.500. The number of piperidine rings is 1. The Labute approximate surface area is 136 Å². The number of benzene rings is 1. The molecule has 0 atom stereocenters. The molecule has 1 aromatic rings. The molecule has 0 saturated carbocycles. The number of nitrogens with one attached hydrogen (secondary N) is 2. The Morgan fingerprint density at radius 2 is 2.00 bits per heavy atom. The van der Waals surface area contributed by atoms with E-state index in [-0.39, 0.29) is 11.8 Å². The number of halogens is 1. The summed E-state index contributed by atoms with van der Waals surface area (Å²) >= 11 is 6.13. The van der Waals surface area contributed by atoms with E-state index in [9.17, 15) is 9.59 Å². The number of hydrogen-bond donors (Lipinski definition) is 2. The molecule has 0 spiro atoms. The smallest absolute Gasteiger partial charge is 0.253 e. The molecule has 1 aromatic carbocycles. The van der Waals surface area contributed by atoms with Crippen LogP contribution in [0.5, 0.6) is 0 Å². The molecule has 0 unspecified atom stereocenters. The first kappa shape index (κ1) is 16.8. The lowest BCUT2D eigenvalue weighted by atomic mass is 9.96. The molecule has 2 amide bonds. The Hall–Kier alpha value is -1.59. The van der Waals surface area contributed by atoms with Crippen LogP contribution in [-0.2, 0) is 4.79 Å². The van der Waals surface area contributed by atoms with Crippen LogP contribution in [0.15, 0.2) is 18.2 Å². The summed E-state index contributed by atoms with van der Waals surface area (Å²) in [4.78, 5) is 25.5. The predicted molar refractivity (Wildman–Crippen MR) is 88.3 cm³/mol. The predicted octanol–water partition coefficient (Wildman–Crippen LogP) is 2.37. The summed E-state index contributed by atoms with van der Waals surface area (Å²) in [5.41, 5.74) is 1.09. The minimum atomic E-state index is -0.187. The molecule has 1 aliphatic rings. The number of amides is 2. The van der Waals surface area contributed by atoms with Gasteiger partial charge in [-0.1, -0.05) is 11.6 Å². The number of rotatable bonds is 4. The molecule has 5 nitrogen and oxygen atoms in total. The van der Waals surface area contributed by atoms with Gasteiger partial charge < -0.3 is 15.5 Å². The monoisotopic (exact) mass is 323 g/mol. The SMILES string of the molecule is CNCC1CCN(C(=O)c2ccc(NC(C)=O)c(Cl)c2)CC1. The van der Waals surface area contributed by atoms with Crippen LogP contribution in [0.3, 0.4) is 0 Å². The third-order valence-electron chi connectivity index (χ3n) is 3.92. The molecule has 0 aromatic heterocycles. The van der Waals surface area contributed by atoms with Crippen molar-refractivity contribution < 1.29 is 9.59 Å². The fourth-order valence-corrected chi connectivity index (χ4v) is 2.98. The number of anilines is 1. The normalized spacial score (nSPS) is 15.7. The molecule has 22 heavy (non-hydrogen) atoms. The van der Waals surface area contributed by atoms with Gasteiger partial charge in [0, 0.05) is 25.6 Å². The van der Waals surface area contributed by atoms with E-state index in [0.717, 1.165) is 32.5 Å². The van der Waals surface area contributed by atoms with Crippen LogP contribution < -0.4 is 10.6 Å². The maximum absolute atomic E-state index is 12.5. The molecule has 1 saturated heterocycles. The lowest BCUT2D eigenvalue weighted by Crippen LogP contribution is -2.40. The zero-order chi connectivity index (χ0) is 16.1. The second kappa shape index (κ2) is 7.61. The van der Waals surface area contributed by atoms with Crippen molar-refractivity contribution in [1.82, 2.24) is 10.2 Å². The molecule has 0 bridgehead atoms. The van der Waals surface area contributed by atoms with Crippen molar-refractivity contribution in [1.29, 1.82) is 0 Å². The van der Waals surface area contributed by atoms with Crippen molar-refractivity contribution in [2.45, 2.75) is 19.8 Å². The lowest BCUT2D eigenvalue weighted by molar-refractivity contribution is -0.114. The average Bonchev–Trinajstić information content (AvgIpc) is 2.49. The number of nitrogens with zero attached hydrogens (tertiary/aromatic N) is 1. The van der Waals surface area contributed by atoms with E-state index in [4.69, 9.17) is 11.6 Å². The summed E-state index contributed by atoms with van der Waals surface area (Å²) in [5, 5.41) is 6.20. The highest BCUT2D eigenvalue weighted by Gasteiger charge is 2.23. The van der Waals surface area contributed by atoms with Gasteiger partial charge in [-0.3, -0.25) is 9.59 Å². The molecule has 120 valence electrons. The van der Waals surface area contributed by atoms with Crippen molar-refractivity contribution in [2.75, 3.05) is 32.0 Å². The van der Waals surface area contributed by atoms with Crippen molar-refractivity contribution in [2.24, 2.45) is 5.92 Å². The summed E-state index contributed by atoms with van der Waals surface area (Å²) in [5.74, 6) is 0.451. The molecule has 1 fully saturated rings. The van der Waals surface area contributed by atoms with Crippen LogP contribution in [0, 0.1) is 5.92 Å². The quantitative estimate of drug-likeness (QED) is 0.894. The molecule has 0 radical (unpaired) electrons. The summed E-state index contributed by atoms with van der Waals surface area (Å²) in [7, 11) is 1.95. The first-order valence-electron chi connectivity index (χ1n) is 7.52. The number of hydrogen-bond acceptors (Lipinski definition) is 3. The fourth-order valence-electron chi connectivity index (χ4n) is 2.75. The largest absolute Gasteiger partial charge is 0.339 e. The molecular weight excluding hydrogens is 302 g/mol. The molecule has 1 aliphatic heterocycles. The third kappa shape index (κ3) is 4.21. The van der Waals surface area contributed by atoms with Crippen LogP contribution in [0.2, 0.25) is 5.02 Å². The maximum atomic E-state index is 12.5.